The predicted octanol–water partition coefficient (Wildman–Crippen LogP) is 3.22. The summed E-state index contributed by atoms with van der Waals surface area (Å²) in [5.74, 6) is 0.758. The summed E-state index contributed by atoms with van der Waals surface area (Å²) in [6.07, 6.45) is 1.35. The number of carbonyl (C=O) groups is 1. The van der Waals surface area contributed by atoms with Crippen LogP contribution in [0.4, 0.5) is 5.69 Å². The molecule has 1 aromatic carbocycles. The predicted molar refractivity (Wildman–Crippen MR) is 80.1 cm³/mol. The number of nitrogens with one attached hydrogen (secondary N) is 1. The minimum absolute atomic E-state index is 0.0368. The molecule has 4 nitrogen and oxygen atoms in total. The SMILES string of the molecule is CCCOCCC(=O)Nc1ccc(OCCBr)cc1. The number of amides is 1. The Morgan fingerprint density at radius 3 is 2.58 bits per heavy atom. The van der Waals surface area contributed by atoms with Crippen LogP contribution in [0.25, 0.3) is 0 Å². The van der Waals surface area contributed by atoms with E-state index < -0.39 is 0 Å². The lowest BCUT2D eigenvalue weighted by molar-refractivity contribution is -0.117. The van der Waals surface area contributed by atoms with Crippen LogP contribution < -0.4 is 10.1 Å². The second kappa shape index (κ2) is 9.81. The molecule has 1 amide bonds. The highest BCUT2D eigenvalue weighted by Crippen LogP contribution is 2.15. The largest absolute Gasteiger partial charge is 0.493 e. The smallest absolute Gasteiger partial charge is 0.226 e. The van der Waals surface area contributed by atoms with E-state index in [1.54, 1.807) is 0 Å². The summed E-state index contributed by atoms with van der Waals surface area (Å²) in [6, 6.07) is 7.33. The first-order valence-electron chi connectivity index (χ1n) is 6.42. The van der Waals surface area contributed by atoms with Gasteiger partial charge in [0.15, 0.2) is 0 Å². The molecule has 0 spiro atoms. The van der Waals surface area contributed by atoms with Crippen LogP contribution in [-0.2, 0) is 9.53 Å². The topological polar surface area (TPSA) is 47.6 Å². The third-order valence-electron chi connectivity index (χ3n) is 2.31. The number of halogens is 1. The zero-order chi connectivity index (χ0) is 13.9. The zero-order valence-electron chi connectivity index (χ0n) is 11.2. The summed E-state index contributed by atoms with van der Waals surface area (Å²) in [5.41, 5.74) is 0.770. The third-order valence-corrected chi connectivity index (χ3v) is 2.63. The Kier molecular flexibility index (Phi) is 8.25. The number of benzene rings is 1. The molecule has 106 valence electrons. The van der Waals surface area contributed by atoms with Crippen molar-refractivity contribution >= 4 is 27.5 Å². The van der Waals surface area contributed by atoms with E-state index in [-0.39, 0.29) is 5.91 Å². The lowest BCUT2D eigenvalue weighted by Gasteiger charge is -2.07. The summed E-state index contributed by atoms with van der Waals surface area (Å²) in [6.45, 7) is 3.83. The van der Waals surface area contributed by atoms with Gasteiger partial charge in [-0.25, -0.2) is 0 Å². The summed E-state index contributed by atoms with van der Waals surface area (Å²) < 4.78 is 10.7. The van der Waals surface area contributed by atoms with Gasteiger partial charge in [-0.3, -0.25) is 4.79 Å². The van der Waals surface area contributed by atoms with Gasteiger partial charge < -0.3 is 14.8 Å². The van der Waals surface area contributed by atoms with Gasteiger partial charge in [-0.1, -0.05) is 22.9 Å². The first-order chi connectivity index (χ1) is 9.26. The lowest BCUT2D eigenvalue weighted by atomic mass is 10.3. The minimum atomic E-state index is -0.0368. The number of ether oxygens (including phenoxy) is 2. The molecule has 0 atom stereocenters. The van der Waals surface area contributed by atoms with Crippen molar-refractivity contribution in [3.05, 3.63) is 24.3 Å². The maximum Gasteiger partial charge on any atom is 0.226 e. The molecule has 0 radical (unpaired) electrons. The fourth-order valence-corrected chi connectivity index (χ4v) is 1.59. The molecule has 0 aromatic heterocycles. The van der Waals surface area contributed by atoms with E-state index in [1.165, 1.54) is 0 Å². The van der Waals surface area contributed by atoms with Crippen molar-refractivity contribution in [1.82, 2.24) is 0 Å². The van der Waals surface area contributed by atoms with E-state index >= 15 is 0 Å². The van der Waals surface area contributed by atoms with Crippen molar-refractivity contribution in [2.24, 2.45) is 0 Å². The summed E-state index contributed by atoms with van der Waals surface area (Å²) in [7, 11) is 0. The molecule has 0 unspecified atom stereocenters. The molecule has 1 N–H and O–H groups in total. The molecule has 5 heteroatoms. The van der Waals surface area contributed by atoms with Crippen LogP contribution in [0.5, 0.6) is 5.75 Å². The second-order valence-electron chi connectivity index (χ2n) is 3.97. The van der Waals surface area contributed by atoms with Gasteiger partial charge >= 0.3 is 0 Å². The summed E-state index contributed by atoms with van der Waals surface area (Å²) in [5, 5.41) is 3.61. The summed E-state index contributed by atoms with van der Waals surface area (Å²) >= 11 is 3.30. The van der Waals surface area contributed by atoms with E-state index in [0.29, 0.717) is 26.2 Å². The number of alkyl halides is 1. The van der Waals surface area contributed by atoms with E-state index in [4.69, 9.17) is 9.47 Å². The highest BCUT2D eigenvalue weighted by Gasteiger charge is 2.02. The number of anilines is 1. The van der Waals surface area contributed by atoms with Crippen molar-refractivity contribution in [2.75, 3.05) is 30.5 Å². The van der Waals surface area contributed by atoms with E-state index in [0.717, 1.165) is 23.2 Å². The van der Waals surface area contributed by atoms with Gasteiger partial charge in [-0.05, 0) is 30.7 Å². The van der Waals surface area contributed by atoms with E-state index in [9.17, 15) is 4.79 Å². The van der Waals surface area contributed by atoms with Gasteiger partial charge in [-0.15, -0.1) is 0 Å². The number of rotatable bonds is 9. The monoisotopic (exact) mass is 329 g/mol. The van der Waals surface area contributed by atoms with E-state index in [1.807, 2.05) is 31.2 Å². The maximum atomic E-state index is 11.6. The number of hydrogen-bond donors (Lipinski definition) is 1. The minimum Gasteiger partial charge on any atom is -0.493 e. The van der Waals surface area contributed by atoms with Crippen molar-refractivity contribution in [1.29, 1.82) is 0 Å². The third kappa shape index (κ3) is 7.18. The number of carbonyl (C=O) groups excluding carboxylic acids is 1. The maximum absolute atomic E-state index is 11.6. The second-order valence-corrected chi connectivity index (χ2v) is 4.77. The Morgan fingerprint density at radius 2 is 1.95 bits per heavy atom. The van der Waals surface area contributed by atoms with Crippen molar-refractivity contribution in [3.8, 4) is 5.75 Å². The fraction of sp³-hybridized carbons (Fsp3) is 0.500. The molecule has 1 rings (SSSR count). The first kappa shape index (κ1) is 16.0. The molecule has 0 aliphatic rings. The normalized spacial score (nSPS) is 10.2. The Labute approximate surface area is 122 Å². The molecular formula is C14H20BrNO3. The quantitative estimate of drug-likeness (QED) is 0.559. The van der Waals surface area contributed by atoms with Crippen LogP contribution in [-0.4, -0.2) is 31.1 Å². The van der Waals surface area contributed by atoms with Gasteiger partial charge in [0, 0.05) is 17.6 Å². The molecular weight excluding hydrogens is 310 g/mol. The summed E-state index contributed by atoms with van der Waals surface area (Å²) in [4.78, 5) is 11.6. The van der Waals surface area contributed by atoms with Crippen LogP contribution in [0, 0.1) is 0 Å². The van der Waals surface area contributed by atoms with Crippen LogP contribution in [0.1, 0.15) is 19.8 Å². The lowest BCUT2D eigenvalue weighted by Crippen LogP contribution is -2.14. The van der Waals surface area contributed by atoms with E-state index in [2.05, 4.69) is 21.2 Å². The van der Waals surface area contributed by atoms with Gasteiger partial charge in [0.05, 0.1) is 19.6 Å². The van der Waals surface area contributed by atoms with Crippen LogP contribution in [0.3, 0.4) is 0 Å². The molecule has 0 saturated heterocycles. The highest BCUT2D eigenvalue weighted by molar-refractivity contribution is 9.09. The number of hydrogen-bond acceptors (Lipinski definition) is 3. The Hall–Kier alpha value is -1.07. The van der Waals surface area contributed by atoms with Gasteiger partial charge in [0.1, 0.15) is 5.75 Å². The molecule has 19 heavy (non-hydrogen) atoms. The zero-order valence-corrected chi connectivity index (χ0v) is 12.7. The molecule has 1 aromatic rings. The Balaban J connectivity index is 2.29. The molecule has 0 aliphatic heterocycles. The highest BCUT2D eigenvalue weighted by atomic mass is 79.9. The van der Waals surface area contributed by atoms with Crippen LogP contribution in [0.2, 0.25) is 0 Å². The van der Waals surface area contributed by atoms with Gasteiger partial charge in [-0.2, -0.15) is 0 Å². The Morgan fingerprint density at radius 1 is 1.21 bits per heavy atom. The van der Waals surface area contributed by atoms with Crippen LogP contribution >= 0.6 is 15.9 Å². The fourth-order valence-electron chi connectivity index (χ4n) is 1.43. The van der Waals surface area contributed by atoms with Crippen LogP contribution in [0.15, 0.2) is 24.3 Å². The molecule has 0 heterocycles. The molecule has 0 bridgehead atoms. The molecule has 0 saturated carbocycles. The first-order valence-corrected chi connectivity index (χ1v) is 7.55. The molecule has 0 aliphatic carbocycles. The van der Waals surface area contributed by atoms with Crippen molar-refractivity contribution in [3.63, 3.8) is 0 Å². The van der Waals surface area contributed by atoms with Crippen molar-refractivity contribution < 1.29 is 14.3 Å². The standard InChI is InChI=1S/C14H20BrNO3/c1-2-9-18-10-7-14(17)16-12-3-5-13(6-4-12)19-11-8-15/h3-6H,2,7-11H2,1H3,(H,16,17). The van der Waals surface area contributed by atoms with Gasteiger partial charge in [0.25, 0.3) is 0 Å². The average Bonchev–Trinajstić information content (AvgIpc) is 2.43. The Bertz CT molecular complexity index is 367. The average molecular weight is 330 g/mol. The van der Waals surface area contributed by atoms with Gasteiger partial charge in [0.2, 0.25) is 5.91 Å². The van der Waals surface area contributed by atoms with Crippen molar-refractivity contribution in [2.45, 2.75) is 19.8 Å². The molecule has 0 fully saturated rings.